The summed E-state index contributed by atoms with van der Waals surface area (Å²) in [4.78, 5) is 110. The Labute approximate surface area is 366 Å². The molecule has 0 amide bonds. The Morgan fingerprint density at radius 2 is 1.20 bits per heavy atom. The van der Waals surface area contributed by atoms with Crippen molar-refractivity contribution in [3.63, 3.8) is 0 Å². The summed E-state index contributed by atoms with van der Waals surface area (Å²) < 4.78 is 0. The number of nitrogens with zero attached hydrogens (tertiary/aromatic N) is 2. The van der Waals surface area contributed by atoms with Crippen LogP contribution in [0.4, 0.5) is 0 Å². The van der Waals surface area contributed by atoms with Gasteiger partial charge in [-0.1, -0.05) is 13.8 Å². The van der Waals surface area contributed by atoms with Gasteiger partial charge >= 0.3 is 47.8 Å². The lowest BCUT2D eigenvalue weighted by Gasteiger charge is -2.43. The maximum atomic E-state index is 12.9. The van der Waals surface area contributed by atoms with Crippen LogP contribution in [0, 0.1) is 22.2 Å². The first-order chi connectivity index (χ1) is 29.6. The first kappa shape index (κ1) is 48.4. The van der Waals surface area contributed by atoms with Gasteiger partial charge in [0.25, 0.3) is 0 Å². The van der Waals surface area contributed by atoms with Crippen LogP contribution in [0.1, 0.15) is 118 Å². The Morgan fingerprint density at radius 3 is 1.75 bits per heavy atom. The van der Waals surface area contributed by atoms with E-state index in [0.29, 0.717) is 11.3 Å². The van der Waals surface area contributed by atoms with Gasteiger partial charge in [-0.05, 0) is 80.9 Å². The van der Waals surface area contributed by atoms with Crippen molar-refractivity contribution in [3.8, 4) is 0 Å². The van der Waals surface area contributed by atoms with Crippen LogP contribution in [0.25, 0.3) is 0 Å². The van der Waals surface area contributed by atoms with Gasteiger partial charge in [0.2, 0.25) is 0 Å². The highest BCUT2D eigenvalue weighted by Gasteiger charge is 2.62. The summed E-state index contributed by atoms with van der Waals surface area (Å²) in [5, 5.41) is 88.0. The maximum absolute atomic E-state index is 12.9. The van der Waals surface area contributed by atoms with Gasteiger partial charge in [0.15, 0.2) is 0 Å². The van der Waals surface area contributed by atoms with Crippen molar-refractivity contribution in [1.29, 1.82) is 0 Å². The summed E-state index contributed by atoms with van der Waals surface area (Å²) in [6.45, 7) is 7.90. The van der Waals surface area contributed by atoms with Crippen LogP contribution in [0.15, 0.2) is 67.2 Å². The fourth-order valence-corrected chi connectivity index (χ4v) is 10.5. The summed E-state index contributed by atoms with van der Waals surface area (Å²) in [5.41, 5.74) is -6.14. The van der Waals surface area contributed by atoms with E-state index < -0.39 is 132 Å². The summed E-state index contributed by atoms with van der Waals surface area (Å²) >= 11 is 0. The van der Waals surface area contributed by atoms with Crippen molar-refractivity contribution in [1.82, 2.24) is 10.6 Å². The van der Waals surface area contributed by atoms with Crippen LogP contribution < -0.4 is 10.6 Å². The molecule has 20 nitrogen and oxygen atoms in total. The standard InChI is InChI=1S/C44H54N4O16/c1-40(13-12-34(55)56)25(15-36(59)60)39-44(5)42(3,20-38(63)64)23(8-11-33(53)54)27(48-44)17-30-41(2,19-37(61)62)22(7-10-32(51)52)28(45-30)18-43(4)24(14-35(57)58)21(6-9-31(49)50)26(47-43)16-29(40)46-39/h16-17,23,45,47H,6-15,18-20H2,1-5H3,(H,49,50)(H,51,52)(H,53,54)(H,55,56)(H,57,58)(H,59,60)(H,61,62)(H,63,64)/b26-16-,30-17?. The van der Waals surface area contributed by atoms with Crippen LogP contribution in [0.2, 0.25) is 0 Å². The van der Waals surface area contributed by atoms with Crippen LogP contribution in [-0.4, -0.2) is 111 Å². The van der Waals surface area contributed by atoms with E-state index in [4.69, 9.17) is 9.98 Å². The van der Waals surface area contributed by atoms with Crippen molar-refractivity contribution in [2.24, 2.45) is 32.1 Å². The van der Waals surface area contributed by atoms with Gasteiger partial charge < -0.3 is 51.5 Å². The predicted octanol–water partition coefficient (Wildman–Crippen LogP) is 4.59. The molecule has 8 bridgehead atoms. The normalized spacial score (nSPS) is 30.2. The van der Waals surface area contributed by atoms with Gasteiger partial charge in [-0.3, -0.25) is 48.3 Å². The zero-order chi connectivity index (χ0) is 47.9. The Kier molecular flexibility index (Phi) is 13.3. The van der Waals surface area contributed by atoms with Gasteiger partial charge in [-0.25, -0.2) is 0 Å². The molecule has 64 heavy (non-hydrogen) atoms. The number of allylic oxidation sites excluding steroid dienone is 4. The Bertz CT molecular complexity index is 2350. The van der Waals surface area contributed by atoms with E-state index in [1.165, 1.54) is 19.1 Å². The van der Waals surface area contributed by atoms with Crippen molar-refractivity contribution < 1.29 is 79.2 Å². The third-order valence-electron chi connectivity index (χ3n) is 13.9. The predicted molar refractivity (Wildman–Crippen MR) is 224 cm³/mol. The molecule has 5 aliphatic heterocycles. The minimum Gasteiger partial charge on any atom is -0.481 e. The number of carboxylic acid groups (broad SMARTS) is 8. The van der Waals surface area contributed by atoms with Gasteiger partial charge in [0.1, 0.15) is 5.54 Å². The van der Waals surface area contributed by atoms with Crippen LogP contribution >= 0.6 is 0 Å². The summed E-state index contributed by atoms with van der Waals surface area (Å²) in [7, 11) is 0. The molecule has 20 heteroatoms. The SMILES string of the molecule is CC12CC3=C(CCC(=O)O)C(C)(CC(=O)O)C(=CC4=NC(C)(C5=C(CC(=O)O)C(C)(CCC(=O)O)C(=N5)/C=C(\N1)C(CCC(=O)O)=C2CC(=O)O)C(C)(CC(=O)O)C4CCC(=O)O)N3. The van der Waals surface area contributed by atoms with E-state index in [1.54, 1.807) is 27.7 Å². The van der Waals surface area contributed by atoms with E-state index in [-0.39, 0.29) is 77.3 Å². The molecule has 346 valence electrons. The third-order valence-corrected chi connectivity index (χ3v) is 13.9. The van der Waals surface area contributed by atoms with Crippen molar-refractivity contribution in [3.05, 3.63) is 57.2 Å². The fourth-order valence-electron chi connectivity index (χ4n) is 10.5. The largest absolute Gasteiger partial charge is 0.481 e. The smallest absolute Gasteiger partial charge is 0.307 e. The first-order valence-electron chi connectivity index (χ1n) is 20.7. The molecule has 0 saturated carbocycles. The Balaban J connectivity index is 2.02. The number of aliphatic carboxylic acids is 8. The fraction of sp³-hybridized carbons (Fsp3) is 0.545. The number of fused-ring (bicyclic) bond motifs is 7. The Hall–Kier alpha value is -6.60. The molecule has 5 heterocycles. The number of carboxylic acids is 8. The minimum atomic E-state index is -1.81. The van der Waals surface area contributed by atoms with Gasteiger partial charge in [-0.2, -0.15) is 0 Å². The third kappa shape index (κ3) is 9.08. The molecule has 0 aliphatic carbocycles. The van der Waals surface area contributed by atoms with Crippen LogP contribution in [0.5, 0.6) is 0 Å². The molecule has 5 rings (SSSR count). The molecule has 0 fully saturated rings. The summed E-state index contributed by atoms with van der Waals surface area (Å²) in [6, 6.07) is 0. The average molecular weight is 895 g/mol. The quantitative estimate of drug-likeness (QED) is 0.0799. The van der Waals surface area contributed by atoms with E-state index in [0.717, 1.165) is 0 Å². The molecule has 6 unspecified atom stereocenters. The molecular formula is C44H54N4O16. The molecule has 0 saturated heterocycles. The molecule has 10 N–H and O–H groups in total. The Morgan fingerprint density at radius 1 is 0.641 bits per heavy atom. The number of hydrogen-bond donors (Lipinski definition) is 10. The average Bonchev–Trinajstić information content (AvgIpc) is 3.72. The van der Waals surface area contributed by atoms with Gasteiger partial charge in [0, 0.05) is 77.1 Å². The molecule has 0 aromatic heterocycles. The molecule has 0 radical (unpaired) electrons. The second-order valence-corrected chi connectivity index (χ2v) is 18.3. The van der Waals surface area contributed by atoms with E-state index in [2.05, 4.69) is 10.6 Å². The zero-order valence-electron chi connectivity index (χ0n) is 36.2. The number of rotatable bonds is 20. The van der Waals surface area contributed by atoms with Crippen molar-refractivity contribution in [2.45, 2.75) is 129 Å². The van der Waals surface area contributed by atoms with E-state index in [9.17, 15) is 79.2 Å². The van der Waals surface area contributed by atoms with Crippen LogP contribution in [-0.2, 0) is 38.4 Å². The lowest BCUT2D eigenvalue weighted by Crippen LogP contribution is -2.47. The second-order valence-electron chi connectivity index (χ2n) is 18.3. The molecule has 5 aliphatic rings. The highest BCUT2D eigenvalue weighted by atomic mass is 16.4. The second kappa shape index (κ2) is 17.5. The molecule has 0 aromatic carbocycles. The van der Waals surface area contributed by atoms with Crippen molar-refractivity contribution in [2.75, 3.05) is 0 Å². The molecular weight excluding hydrogens is 840 g/mol. The molecule has 0 aromatic rings. The van der Waals surface area contributed by atoms with Crippen molar-refractivity contribution >= 4 is 59.2 Å². The number of aliphatic imine (C=N–C) groups is 2. The highest BCUT2D eigenvalue weighted by Crippen LogP contribution is 2.60. The molecule has 0 spiro atoms. The van der Waals surface area contributed by atoms with Gasteiger partial charge in [0.05, 0.1) is 42.6 Å². The summed E-state index contributed by atoms with van der Waals surface area (Å²) in [6.07, 6.45) is -2.55. The summed E-state index contributed by atoms with van der Waals surface area (Å²) in [5.74, 6) is -11.2. The lowest BCUT2D eigenvalue weighted by atomic mass is 9.60. The monoisotopic (exact) mass is 894 g/mol. The van der Waals surface area contributed by atoms with Gasteiger partial charge in [-0.15, -0.1) is 0 Å². The molecule has 6 atom stereocenters. The zero-order valence-corrected chi connectivity index (χ0v) is 36.2. The number of nitrogens with one attached hydrogen (secondary N) is 2. The number of carbonyl (C=O) groups is 8. The van der Waals surface area contributed by atoms with E-state index in [1.807, 2.05) is 0 Å². The maximum Gasteiger partial charge on any atom is 0.307 e. The minimum absolute atomic E-state index is 0.0294. The first-order valence-corrected chi connectivity index (χ1v) is 20.7. The highest BCUT2D eigenvalue weighted by molar-refractivity contribution is 6.07. The number of hydrogen-bond acceptors (Lipinski definition) is 12. The van der Waals surface area contributed by atoms with E-state index >= 15 is 0 Å². The lowest BCUT2D eigenvalue weighted by molar-refractivity contribution is -0.142. The topological polar surface area (TPSA) is 347 Å². The van der Waals surface area contributed by atoms with Crippen LogP contribution in [0.3, 0.4) is 0 Å².